The molecule has 1 rings (SSSR count). The number of halogens is 1. The molecule has 1 aromatic rings. The molecule has 0 spiro atoms. The van der Waals surface area contributed by atoms with Crippen LogP contribution in [-0.2, 0) is 0 Å². The summed E-state index contributed by atoms with van der Waals surface area (Å²) in [6, 6.07) is 0. The first-order valence-electron chi connectivity index (χ1n) is 3.10. The Balaban J connectivity index is 3.60. The maximum atomic E-state index is 11.0. The van der Waals surface area contributed by atoms with Gasteiger partial charge in [0.05, 0.1) is 5.56 Å². The Bertz CT molecular complexity index is 431. The summed E-state index contributed by atoms with van der Waals surface area (Å²) in [5.41, 5.74) is -0.949. The molecule has 1 heterocycles. The number of hydrogen-bond acceptors (Lipinski definition) is 3. The van der Waals surface area contributed by atoms with Gasteiger partial charge in [-0.25, -0.2) is 4.79 Å². The number of hydrogen-bond donors (Lipinski definition) is 3. The summed E-state index contributed by atoms with van der Waals surface area (Å²) in [6.45, 7) is 1.50. The Labute approximate surface area is 71.9 Å². The molecule has 0 bridgehead atoms. The summed E-state index contributed by atoms with van der Waals surface area (Å²) in [7, 11) is 0. The van der Waals surface area contributed by atoms with Crippen LogP contribution in [0.4, 0.5) is 0 Å². The highest BCUT2D eigenvalue weighted by atomic mass is 35.5. The third-order valence-corrected chi connectivity index (χ3v) is 1.54. The molecular formula is C6H6ClN3O2. The average molecular weight is 188 g/mol. The average Bonchev–Trinajstić information content (AvgIpc) is 1.82. The van der Waals surface area contributed by atoms with Crippen molar-refractivity contribution in [3.05, 3.63) is 32.1 Å². The van der Waals surface area contributed by atoms with E-state index in [4.69, 9.17) is 17.0 Å². The van der Waals surface area contributed by atoms with E-state index in [0.717, 1.165) is 0 Å². The van der Waals surface area contributed by atoms with Crippen LogP contribution in [0.25, 0.3) is 0 Å². The Hall–Kier alpha value is -1.36. The van der Waals surface area contributed by atoms with Crippen molar-refractivity contribution in [1.82, 2.24) is 9.97 Å². The second-order valence-electron chi connectivity index (χ2n) is 2.22. The van der Waals surface area contributed by atoms with Crippen molar-refractivity contribution >= 4 is 16.8 Å². The lowest BCUT2D eigenvalue weighted by Gasteiger charge is -1.97. The fraction of sp³-hybridized carbons (Fsp3) is 0.167. The van der Waals surface area contributed by atoms with Gasteiger partial charge in [0.2, 0.25) is 0 Å². The van der Waals surface area contributed by atoms with Gasteiger partial charge in [-0.15, -0.1) is 0 Å². The number of aromatic amines is 2. The monoisotopic (exact) mass is 187 g/mol. The summed E-state index contributed by atoms with van der Waals surface area (Å²) < 4.78 is 0. The summed E-state index contributed by atoms with van der Waals surface area (Å²) in [4.78, 5) is 26.0. The molecule has 0 radical (unpaired) electrons. The van der Waals surface area contributed by atoms with E-state index in [9.17, 15) is 9.59 Å². The normalized spacial score (nSPS) is 9.83. The van der Waals surface area contributed by atoms with Gasteiger partial charge in [0, 0.05) is 5.69 Å². The van der Waals surface area contributed by atoms with Gasteiger partial charge in [-0.05, 0) is 6.92 Å². The Morgan fingerprint density at radius 3 is 2.42 bits per heavy atom. The molecule has 0 amide bonds. The standard InChI is InChI=1S/C6H6ClN3O2/c1-2-3(4(7)8)5(11)10-6(12)9-2/h8H,1H3,(H2,9,10,11,12). The topological polar surface area (TPSA) is 89.6 Å². The molecule has 0 aliphatic heterocycles. The summed E-state index contributed by atoms with van der Waals surface area (Å²) in [5.74, 6) is 0. The van der Waals surface area contributed by atoms with Crippen molar-refractivity contribution in [2.24, 2.45) is 0 Å². The Morgan fingerprint density at radius 1 is 1.42 bits per heavy atom. The highest BCUT2D eigenvalue weighted by molar-refractivity contribution is 6.68. The molecule has 0 aliphatic carbocycles. The third kappa shape index (κ3) is 1.45. The molecular weight excluding hydrogens is 182 g/mol. The minimum atomic E-state index is -0.642. The minimum absolute atomic E-state index is 0.00346. The van der Waals surface area contributed by atoms with Gasteiger partial charge in [-0.1, -0.05) is 11.6 Å². The van der Waals surface area contributed by atoms with E-state index in [2.05, 4.69) is 4.98 Å². The number of rotatable bonds is 1. The van der Waals surface area contributed by atoms with Crippen LogP contribution in [0.2, 0.25) is 0 Å². The zero-order valence-electron chi connectivity index (χ0n) is 6.19. The SMILES string of the molecule is Cc1[nH]c(=O)[nH]c(=O)c1C(=N)Cl. The van der Waals surface area contributed by atoms with E-state index in [1.54, 1.807) is 0 Å². The smallest absolute Gasteiger partial charge is 0.311 e. The van der Waals surface area contributed by atoms with Crippen LogP contribution < -0.4 is 11.2 Å². The fourth-order valence-corrected chi connectivity index (χ4v) is 1.09. The van der Waals surface area contributed by atoms with Crippen LogP contribution in [0.3, 0.4) is 0 Å². The van der Waals surface area contributed by atoms with Crippen LogP contribution in [0.5, 0.6) is 0 Å². The van der Waals surface area contributed by atoms with Crippen molar-refractivity contribution in [1.29, 1.82) is 5.41 Å². The predicted octanol–water partition coefficient (Wildman–Crippen LogP) is -0.0642. The molecule has 0 saturated carbocycles. The van der Waals surface area contributed by atoms with Gasteiger partial charge in [0.25, 0.3) is 5.56 Å². The van der Waals surface area contributed by atoms with Crippen molar-refractivity contribution in [3.8, 4) is 0 Å². The number of nitrogens with one attached hydrogen (secondary N) is 3. The van der Waals surface area contributed by atoms with E-state index in [-0.39, 0.29) is 10.7 Å². The van der Waals surface area contributed by atoms with Crippen molar-refractivity contribution in [2.45, 2.75) is 6.92 Å². The number of aromatic nitrogens is 2. The quantitative estimate of drug-likeness (QED) is 0.538. The first-order valence-corrected chi connectivity index (χ1v) is 3.48. The zero-order valence-corrected chi connectivity index (χ0v) is 6.95. The first-order chi connectivity index (χ1) is 5.52. The predicted molar refractivity (Wildman–Crippen MR) is 45.1 cm³/mol. The van der Waals surface area contributed by atoms with Gasteiger partial charge >= 0.3 is 5.69 Å². The molecule has 0 unspecified atom stereocenters. The molecule has 5 nitrogen and oxygen atoms in total. The zero-order chi connectivity index (χ0) is 9.30. The highest BCUT2D eigenvalue weighted by Crippen LogP contribution is 1.98. The molecule has 0 saturated heterocycles. The van der Waals surface area contributed by atoms with E-state index < -0.39 is 11.2 Å². The molecule has 1 aromatic heterocycles. The number of H-pyrrole nitrogens is 2. The molecule has 6 heteroatoms. The molecule has 0 aliphatic rings. The molecule has 12 heavy (non-hydrogen) atoms. The van der Waals surface area contributed by atoms with Crippen LogP contribution in [-0.4, -0.2) is 15.1 Å². The van der Waals surface area contributed by atoms with Gasteiger partial charge in [-0.2, -0.15) is 0 Å². The van der Waals surface area contributed by atoms with Crippen molar-refractivity contribution < 1.29 is 0 Å². The van der Waals surface area contributed by atoms with Gasteiger partial charge in [0.1, 0.15) is 5.17 Å². The first kappa shape index (κ1) is 8.73. The highest BCUT2D eigenvalue weighted by Gasteiger charge is 2.08. The van der Waals surface area contributed by atoms with Gasteiger partial charge < -0.3 is 4.98 Å². The molecule has 64 valence electrons. The maximum absolute atomic E-state index is 11.0. The van der Waals surface area contributed by atoms with E-state index in [1.807, 2.05) is 4.98 Å². The van der Waals surface area contributed by atoms with Gasteiger partial charge in [-0.3, -0.25) is 15.2 Å². The molecule has 0 atom stereocenters. The fourth-order valence-electron chi connectivity index (χ4n) is 0.864. The lowest BCUT2D eigenvalue weighted by molar-refractivity contribution is 0.986. The Morgan fingerprint density at radius 2 is 2.00 bits per heavy atom. The summed E-state index contributed by atoms with van der Waals surface area (Å²) in [5, 5.41) is 6.63. The third-order valence-electron chi connectivity index (χ3n) is 1.35. The largest absolute Gasteiger partial charge is 0.325 e. The lowest BCUT2D eigenvalue weighted by Crippen LogP contribution is -2.28. The Kier molecular flexibility index (Phi) is 2.14. The van der Waals surface area contributed by atoms with Crippen molar-refractivity contribution in [3.63, 3.8) is 0 Å². The molecule has 3 N–H and O–H groups in total. The van der Waals surface area contributed by atoms with Crippen molar-refractivity contribution in [2.75, 3.05) is 0 Å². The second kappa shape index (κ2) is 2.94. The molecule has 0 aromatic carbocycles. The van der Waals surface area contributed by atoms with E-state index >= 15 is 0 Å². The van der Waals surface area contributed by atoms with Crippen LogP contribution in [0, 0.1) is 12.3 Å². The second-order valence-corrected chi connectivity index (χ2v) is 2.60. The summed E-state index contributed by atoms with van der Waals surface area (Å²) in [6.07, 6.45) is 0. The van der Waals surface area contributed by atoms with E-state index in [0.29, 0.717) is 5.69 Å². The number of aryl methyl sites for hydroxylation is 1. The van der Waals surface area contributed by atoms with E-state index in [1.165, 1.54) is 6.92 Å². The van der Waals surface area contributed by atoms with Crippen LogP contribution in [0.1, 0.15) is 11.3 Å². The minimum Gasteiger partial charge on any atom is -0.311 e. The summed E-state index contributed by atoms with van der Waals surface area (Å²) >= 11 is 5.31. The van der Waals surface area contributed by atoms with Crippen LogP contribution in [0.15, 0.2) is 9.59 Å². The molecule has 0 fully saturated rings. The van der Waals surface area contributed by atoms with Crippen LogP contribution >= 0.6 is 11.6 Å². The lowest BCUT2D eigenvalue weighted by atomic mass is 10.2. The van der Waals surface area contributed by atoms with Gasteiger partial charge in [0.15, 0.2) is 0 Å². The maximum Gasteiger partial charge on any atom is 0.325 e.